The molecule has 1 aromatic carbocycles. The molecule has 1 aliphatic rings. The van der Waals surface area contributed by atoms with E-state index >= 15 is 0 Å². The molecular formula is C19H18FN7O2. The summed E-state index contributed by atoms with van der Waals surface area (Å²) in [4.78, 5) is 29.0. The maximum Gasteiger partial charge on any atom is 0.275 e. The Labute approximate surface area is 165 Å². The molecule has 3 N–H and O–H groups in total. The molecule has 10 heteroatoms. The molecule has 1 aliphatic heterocycles. The Morgan fingerprint density at radius 1 is 1.31 bits per heavy atom. The fourth-order valence-electron chi connectivity index (χ4n) is 3.25. The number of rotatable bonds is 4. The predicted molar refractivity (Wildman–Crippen MR) is 103 cm³/mol. The quantitative estimate of drug-likeness (QED) is 0.694. The highest BCUT2D eigenvalue weighted by atomic mass is 19.1. The third-order valence-electron chi connectivity index (χ3n) is 4.69. The number of nitrogens with two attached hydrogens (primary N) is 1. The molecule has 3 aromatic rings. The zero-order valence-corrected chi connectivity index (χ0v) is 15.8. The Bertz CT molecular complexity index is 1110. The number of benzene rings is 1. The van der Waals surface area contributed by atoms with Crippen molar-refractivity contribution in [1.29, 1.82) is 0 Å². The third kappa shape index (κ3) is 3.40. The number of amidine groups is 1. The van der Waals surface area contributed by atoms with Crippen LogP contribution in [-0.2, 0) is 12.1 Å². The van der Waals surface area contributed by atoms with E-state index in [1.165, 1.54) is 31.6 Å². The van der Waals surface area contributed by atoms with E-state index in [0.29, 0.717) is 29.4 Å². The van der Waals surface area contributed by atoms with Crippen molar-refractivity contribution < 1.29 is 13.9 Å². The van der Waals surface area contributed by atoms with Gasteiger partial charge < -0.3 is 20.4 Å². The van der Waals surface area contributed by atoms with Crippen LogP contribution < -0.4 is 15.8 Å². The molecule has 0 fully saturated rings. The monoisotopic (exact) mass is 395 g/mol. The van der Waals surface area contributed by atoms with E-state index in [1.807, 2.05) is 4.57 Å². The summed E-state index contributed by atoms with van der Waals surface area (Å²) < 4.78 is 21.4. The molecule has 0 bridgehead atoms. The minimum Gasteiger partial charge on any atom is -0.480 e. The number of hydrogen-bond donors (Lipinski definition) is 2. The van der Waals surface area contributed by atoms with Crippen molar-refractivity contribution in [1.82, 2.24) is 19.5 Å². The van der Waals surface area contributed by atoms with Gasteiger partial charge in [0.25, 0.3) is 5.91 Å². The van der Waals surface area contributed by atoms with E-state index in [0.717, 1.165) is 0 Å². The molecule has 1 atom stereocenters. The largest absolute Gasteiger partial charge is 0.480 e. The van der Waals surface area contributed by atoms with E-state index in [4.69, 9.17) is 10.5 Å². The zero-order chi connectivity index (χ0) is 20.6. The molecule has 0 radical (unpaired) electrons. The molecule has 148 valence electrons. The van der Waals surface area contributed by atoms with Crippen LogP contribution in [0, 0.1) is 5.82 Å². The first-order chi connectivity index (χ1) is 13.9. The fourth-order valence-corrected chi connectivity index (χ4v) is 3.25. The first-order valence-corrected chi connectivity index (χ1v) is 8.73. The average Bonchev–Trinajstić information content (AvgIpc) is 3.18. The van der Waals surface area contributed by atoms with Crippen molar-refractivity contribution in [2.24, 2.45) is 10.7 Å². The molecule has 0 unspecified atom stereocenters. The van der Waals surface area contributed by atoms with Gasteiger partial charge in [-0.05, 0) is 25.1 Å². The van der Waals surface area contributed by atoms with Gasteiger partial charge >= 0.3 is 0 Å². The lowest BCUT2D eigenvalue weighted by molar-refractivity contribution is 0.102. The standard InChI is InChI=1S/C19H18FN7O2/c1-19(9-27-10-22-7-15(27)17(21)26-19)12-5-11(3-4-13(12)20)25-18(28)14-6-24-16(29-2)8-23-14/h3-8,10H,9H2,1-2H3,(H2,21,26)(H,25,28)/t19-/m0/s1. The number of carbonyl (C=O) groups is 1. The summed E-state index contributed by atoms with van der Waals surface area (Å²) in [7, 11) is 1.46. The van der Waals surface area contributed by atoms with Crippen LogP contribution in [0.3, 0.4) is 0 Å². The van der Waals surface area contributed by atoms with E-state index in [9.17, 15) is 9.18 Å². The van der Waals surface area contributed by atoms with Gasteiger partial charge in [-0.25, -0.2) is 19.3 Å². The molecule has 1 amide bonds. The van der Waals surface area contributed by atoms with Gasteiger partial charge in [0.15, 0.2) is 0 Å². The van der Waals surface area contributed by atoms with Gasteiger partial charge in [0, 0.05) is 11.3 Å². The molecule has 0 spiro atoms. The number of nitrogens with one attached hydrogen (secondary N) is 1. The number of imidazole rings is 1. The Balaban J connectivity index is 1.62. The van der Waals surface area contributed by atoms with Gasteiger partial charge in [-0.1, -0.05) is 0 Å². The maximum absolute atomic E-state index is 14.7. The number of ether oxygens (including phenoxy) is 1. The van der Waals surface area contributed by atoms with Crippen LogP contribution in [0.4, 0.5) is 10.1 Å². The van der Waals surface area contributed by atoms with E-state index in [-0.39, 0.29) is 11.5 Å². The van der Waals surface area contributed by atoms with Crippen LogP contribution in [0.15, 0.2) is 48.1 Å². The van der Waals surface area contributed by atoms with Crippen LogP contribution in [-0.4, -0.2) is 38.4 Å². The summed E-state index contributed by atoms with van der Waals surface area (Å²) in [5.74, 6) is -0.356. The molecule has 0 saturated heterocycles. The number of halogens is 1. The Morgan fingerprint density at radius 3 is 2.86 bits per heavy atom. The lowest BCUT2D eigenvalue weighted by Gasteiger charge is -2.32. The predicted octanol–water partition coefficient (Wildman–Crippen LogP) is 1.71. The van der Waals surface area contributed by atoms with Gasteiger partial charge in [-0.2, -0.15) is 0 Å². The number of anilines is 1. The summed E-state index contributed by atoms with van der Waals surface area (Å²) in [6.07, 6.45) is 5.88. The topological polar surface area (TPSA) is 120 Å². The van der Waals surface area contributed by atoms with Crippen molar-refractivity contribution in [2.75, 3.05) is 12.4 Å². The van der Waals surface area contributed by atoms with Gasteiger partial charge in [-0.15, -0.1) is 0 Å². The first kappa shape index (κ1) is 18.5. The second-order valence-corrected chi connectivity index (χ2v) is 6.77. The fraction of sp³-hybridized carbons (Fsp3) is 0.211. The van der Waals surface area contributed by atoms with Crippen molar-refractivity contribution in [3.05, 3.63) is 65.9 Å². The average molecular weight is 395 g/mol. The van der Waals surface area contributed by atoms with Crippen LogP contribution in [0.25, 0.3) is 0 Å². The highest BCUT2D eigenvalue weighted by Gasteiger charge is 2.34. The molecule has 29 heavy (non-hydrogen) atoms. The normalized spacial score (nSPS) is 18.0. The number of nitrogens with zero attached hydrogens (tertiary/aromatic N) is 5. The van der Waals surface area contributed by atoms with Gasteiger partial charge in [0.2, 0.25) is 5.88 Å². The summed E-state index contributed by atoms with van der Waals surface area (Å²) in [5, 5.41) is 2.70. The number of carbonyl (C=O) groups excluding carboxylic acids is 1. The molecule has 3 heterocycles. The summed E-state index contributed by atoms with van der Waals surface area (Å²) >= 11 is 0. The smallest absolute Gasteiger partial charge is 0.275 e. The van der Waals surface area contributed by atoms with Crippen molar-refractivity contribution >= 4 is 17.4 Å². The van der Waals surface area contributed by atoms with E-state index in [1.54, 1.807) is 25.5 Å². The summed E-state index contributed by atoms with van der Waals surface area (Å²) in [6, 6.07) is 4.30. The highest BCUT2D eigenvalue weighted by Crippen LogP contribution is 2.34. The SMILES string of the molecule is COc1cnc(C(=O)Nc2ccc(F)c([C@]3(C)Cn4cncc4C(N)=N3)c2)cn1. The van der Waals surface area contributed by atoms with Gasteiger partial charge in [0.1, 0.15) is 28.6 Å². The van der Waals surface area contributed by atoms with Crippen LogP contribution >= 0.6 is 0 Å². The van der Waals surface area contributed by atoms with Gasteiger partial charge in [-0.3, -0.25) is 9.79 Å². The molecule has 9 nitrogen and oxygen atoms in total. The summed E-state index contributed by atoms with van der Waals surface area (Å²) in [5.41, 5.74) is 6.58. The minimum atomic E-state index is -0.956. The number of fused-ring (bicyclic) bond motifs is 1. The Hall–Kier alpha value is -3.82. The van der Waals surface area contributed by atoms with Crippen molar-refractivity contribution in [3.8, 4) is 5.88 Å². The number of aliphatic imine (C=N–C) groups is 1. The lowest BCUT2D eigenvalue weighted by Crippen LogP contribution is -2.37. The van der Waals surface area contributed by atoms with Crippen LogP contribution in [0.5, 0.6) is 5.88 Å². The van der Waals surface area contributed by atoms with Gasteiger partial charge in [0.05, 0.1) is 38.6 Å². The zero-order valence-electron chi connectivity index (χ0n) is 15.8. The molecule has 0 aliphatic carbocycles. The second kappa shape index (κ2) is 6.97. The maximum atomic E-state index is 14.7. The second-order valence-electron chi connectivity index (χ2n) is 6.77. The van der Waals surface area contributed by atoms with Crippen molar-refractivity contribution in [2.45, 2.75) is 19.0 Å². The third-order valence-corrected chi connectivity index (χ3v) is 4.69. The number of methoxy groups -OCH3 is 1. The van der Waals surface area contributed by atoms with Crippen LogP contribution in [0.2, 0.25) is 0 Å². The molecular weight excluding hydrogens is 377 g/mol. The first-order valence-electron chi connectivity index (χ1n) is 8.73. The summed E-state index contributed by atoms with van der Waals surface area (Å²) in [6.45, 7) is 2.14. The Morgan fingerprint density at radius 2 is 2.14 bits per heavy atom. The number of hydrogen-bond acceptors (Lipinski definition) is 7. The van der Waals surface area contributed by atoms with Crippen LogP contribution in [0.1, 0.15) is 28.7 Å². The molecule has 2 aromatic heterocycles. The molecule has 4 rings (SSSR count). The highest BCUT2D eigenvalue weighted by molar-refractivity contribution is 6.02. The number of aromatic nitrogens is 4. The molecule has 0 saturated carbocycles. The van der Waals surface area contributed by atoms with E-state index in [2.05, 4.69) is 25.3 Å². The van der Waals surface area contributed by atoms with Crippen molar-refractivity contribution in [3.63, 3.8) is 0 Å². The van der Waals surface area contributed by atoms with E-state index < -0.39 is 17.3 Å². The minimum absolute atomic E-state index is 0.103. The lowest BCUT2D eigenvalue weighted by atomic mass is 9.90. The Kier molecular flexibility index (Phi) is 4.45. The number of amides is 1.